The second-order valence-corrected chi connectivity index (χ2v) is 11.0. The van der Waals surface area contributed by atoms with E-state index < -0.39 is 5.97 Å². The van der Waals surface area contributed by atoms with Gasteiger partial charge in [-0.15, -0.1) is 0 Å². The summed E-state index contributed by atoms with van der Waals surface area (Å²) in [7, 11) is 0. The molecular weight excluding hydrogens is 498 g/mol. The Morgan fingerprint density at radius 3 is 2.35 bits per heavy atom. The van der Waals surface area contributed by atoms with E-state index >= 15 is 0 Å². The van der Waals surface area contributed by atoms with Crippen molar-refractivity contribution < 1.29 is 14.7 Å². The maximum atomic E-state index is 13.9. The molecule has 6 rings (SSSR count). The normalized spacial score (nSPS) is 18.0. The first-order valence-electron chi connectivity index (χ1n) is 14.0. The van der Waals surface area contributed by atoms with Crippen molar-refractivity contribution >= 4 is 33.6 Å². The van der Waals surface area contributed by atoms with Crippen LogP contribution in [0.4, 0.5) is 0 Å². The average molecular weight is 532 g/mol. The van der Waals surface area contributed by atoms with Gasteiger partial charge in [-0.1, -0.05) is 66.7 Å². The minimum atomic E-state index is -0.713. The quantitative estimate of drug-likeness (QED) is 0.239. The highest BCUT2D eigenvalue weighted by molar-refractivity contribution is 6.07. The van der Waals surface area contributed by atoms with E-state index in [0.717, 1.165) is 40.4 Å². The molecule has 202 valence electrons. The highest BCUT2D eigenvalue weighted by Gasteiger charge is 2.30. The van der Waals surface area contributed by atoms with E-state index in [0.29, 0.717) is 24.9 Å². The number of nitrogens with one attached hydrogen (secondary N) is 1. The predicted molar refractivity (Wildman–Crippen MR) is 158 cm³/mol. The Morgan fingerprint density at radius 2 is 1.60 bits per heavy atom. The molecule has 0 bridgehead atoms. The molecule has 1 aliphatic rings. The monoisotopic (exact) mass is 531 g/mol. The Labute approximate surface area is 233 Å². The number of carboxylic acid groups (broad SMARTS) is 1. The van der Waals surface area contributed by atoms with Crippen molar-refractivity contribution in [2.45, 2.75) is 45.2 Å². The Hall–Kier alpha value is -4.45. The largest absolute Gasteiger partial charge is 0.481 e. The summed E-state index contributed by atoms with van der Waals surface area (Å²) in [6.45, 7) is 2.59. The fourth-order valence-corrected chi connectivity index (χ4v) is 6.10. The van der Waals surface area contributed by atoms with Gasteiger partial charge in [-0.25, -0.2) is 0 Å². The van der Waals surface area contributed by atoms with Crippen molar-refractivity contribution in [3.8, 4) is 11.1 Å². The van der Waals surface area contributed by atoms with Gasteiger partial charge in [0.15, 0.2) is 0 Å². The molecule has 4 aromatic carbocycles. The number of carbonyl (C=O) groups is 2. The lowest BCUT2D eigenvalue weighted by Gasteiger charge is -2.31. The molecule has 1 aromatic heterocycles. The summed E-state index contributed by atoms with van der Waals surface area (Å²) in [6.07, 6.45) is 4.77. The van der Waals surface area contributed by atoms with Crippen LogP contribution in [0, 0.1) is 11.8 Å². The Bertz CT molecular complexity index is 1680. The fourth-order valence-electron chi connectivity index (χ4n) is 6.10. The lowest BCUT2D eigenvalue weighted by Crippen LogP contribution is -2.40. The van der Waals surface area contributed by atoms with Crippen LogP contribution in [-0.2, 0) is 11.3 Å². The van der Waals surface area contributed by atoms with Gasteiger partial charge in [0.1, 0.15) is 0 Å². The van der Waals surface area contributed by atoms with E-state index in [1.807, 2.05) is 66.3 Å². The third-order valence-electron chi connectivity index (χ3n) is 8.42. The summed E-state index contributed by atoms with van der Waals surface area (Å²) >= 11 is 0. The van der Waals surface area contributed by atoms with Crippen LogP contribution in [0.3, 0.4) is 0 Å². The van der Waals surface area contributed by atoms with E-state index in [1.54, 1.807) is 0 Å². The molecule has 6 nitrogen and oxygen atoms in total. The minimum Gasteiger partial charge on any atom is -0.481 e. The van der Waals surface area contributed by atoms with Crippen molar-refractivity contribution in [3.63, 3.8) is 0 Å². The smallest absolute Gasteiger partial charge is 0.306 e. The van der Waals surface area contributed by atoms with E-state index in [4.69, 9.17) is 5.10 Å². The maximum Gasteiger partial charge on any atom is 0.306 e. The summed E-state index contributed by atoms with van der Waals surface area (Å²) in [4.78, 5) is 25.3. The molecular formula is C34H33N3O3. The number of aromatic nitrogens is 2. The fraction of sp³-hybridized carbons (Fsp3) is 0.265. The molecule has 40 heavy (non-hydrogen) atoms. The summed E-state index contributed by atoms with van der Waals surface area (Å²) in [6, 6.07) is 28.8. The Balaban J connectivity index is 1.33. The van der Waals surface area contributed by atoms with Crippen molar-refractivity contribution in [1.29, 1.82) is 0 Å². The van der Waals surface area contributed by atoms with Crippen molar-refractivity contribution in [2.75, 3.05) is 0 Å². The third kappa shape index (κ3) is 5.22. The Morgan fingerprint density at radius 1 is 0.875 bits per heavy atom. The minimum absolute atomic E-state index is 0.0606. The molecule has 0 saturated heterocycles. The van der Waals surface area contributed by atoms with E-state index in [-0.39, 0.29) is 23.8 Å². The first-order chi connectivity index (χ1) is 19.5. The average Bonchev–Trinajstić information content (AvgIpc) is 3.39. The van der Waals surface area contributed by atoms with Crippen molar-refractivity contribution in [3.05, 3.63) is 102 Å². The zero-order valence-electron chi connectivity index (χ0n) is 22.6. The molecule has 2 N–H and O–H groups in total. The molecule has 0 spiro atoms. The van der Waals surface area contributed by atoms with Crippen LogP contribution in [0.1, 0.15) is 48.5 Å². The lowest BCUT2D eigenvalue weighted by molar-refractivity contribution is -0.143. The van der Waals surface area contributed by atoms with Gasteiger partial charge in [0, 0.05) is 11.4 Å². The van der Waals surface area contributed by atoms with Crippen LogP contribution >= 0.6 is 0 Å². The first kappa shape index (κ1) is 25.8. The summed E-state index contributed by atoms with van der Waals surface area (Å²) < 4.78 is 1.92. The lowest BCUT2D eigenvalue weighted by atomic mass is 9.79. The number of benzene rings is 4. The van der Waals surface area contributed by atoms with Crippen LogP contribution < -0.4 is 5.32 Å². The van der Waals surface area contributed by atoms with Crippen molar-refractivity contribution in [1.82, 2.24) is 15.1 Å². The van der Waals surface area contributed by atoms with E-state index in [2.05, 4.69) is 41.7 Å². The molecule has 6 heteroatoms. The molecule has 1 aliphatic carbocycles. The first-order valence-corrected chi connectivity index (χ1v) is 14.0. The molecule has 0 unspecified atom stereocenters. The number of nitrogens with zero attached hydrogens (tertiary/aromatic N) is 2. The van der Waals surface area contributed by atoms with Gasteiger partial charge < -0.3 is 10.4 Å². The van der Waals surface area contributed by atoms with E-state index in [1.165, 1.54) is 10.8 Å². The highest BCUT2D eigenvalue weighted by atomic mass is 16.4. The Kier molecular flexibility index (Phi) is 7.08. The molecule has 1 heterocycles. The number of rotatable bonds is 7. The maximum absolute atomic E-state index is 13.9. The number of carboxylic acids is 1. The van der Waals surface area contributed by atoms with Gasteiger partial charge >= 0.3 is 5.97 Å². The standard InChI is InChI=1S/C34H33N3O3/c1-22(24-13-15-27(16-14-24)34(39)40)36-33(38)31-19-29(25-7-3-2-4-8-25)18-30-20-35-37(32(30)31)21-23-11-12-26-9-5-6-10-28(26)17-23/h2-12,17-20,22,24,27H,13-16,21H2,1H3,(H,36,38)(H,39,40)/t22-,24?,27?/m0/s1. The highest BCUT2D eigenvalue weighted by Crippen LogP contribution is 2.32. The van der Waals surface area contributed by atoms with Crippen LogP contribution in [0.25, 0.3) is 32.8 Å². The van der Waals surface area contributed by atoms with Gasteiger partial charge in [0.25, 0.3) is 5.91 Å². The molecule has 1 atom stereocenters. The zero-order valence-corrected chi connectivity index (χ0v) is 22.6. The second kappa shape index (κ2) is 11.0. The number of hydrogen-bond donors (Lipinski definition) is 2. The van der Waals surface area contributed by atoms with Crippen LogP contribution in [0.15, 0.2) is 91.1 Å². The van der Waals surface area contributed by atoms with Gasteiger partial charge in [-0.3, -0.25) is 14.3 Å². The number of amides is 1. The zero-order chi connectivity index (χ0) is 27.6. The third-order valence-corrected chi connectivity index (χ3v) is 8.42. The molecule has 5 aromatic rings. The van der Waals surface area contributed by atoms with Crippen LogP contribution in [-0.4, -0.2) is 32.8 Å². The number of hydrogen-bond acceptors (Lipinski definition) is 3. The number of aliphatic carboxylic acids is 1. The molecule has 1 fully saturated rings. The SMILES string of the molecule is C[C@H](NC(=O)c1cc(-c2ccccc2)cc2cnn(Cc3ccc4ccccc4c3)c12)C1CCC(C(=O)O)CC1. The topological polar surface area (TPSA) is 84.2 Å². The van der Waals surface area contributed by atoms with Gasteiger partial charge in [-0.2, -0.15) is 5.10 Å². The molecule has 1 saturated carbocycles. The molecule has 0 radical (unpaired) electrons. The van der Waals surface area contributed by atoms with E-state index in [9.17, 15) is 14.7 Å². The van der Waals surface area contributed by atoms with Crippen LogP contribution in [0.2, 0.25) is 0 Å². The van der Waals surface area contributed by atoms with Gasteiger partial charge in [-0.05, 0) is 84.2 Å². The van der Waals surface area contributed by atoms with Gasteiger partial charge in [0.05, 0.1) is 29.7 Å². The molecule has 1 amide bonds. The number of fused-ring (bicyclic) bond motifs is 2. The summed E-state index contributed by atoms with van der Waals surface area (Å²) in [5, 5.41) is 20.6. The second-order valence-electron chi connectivity index (χ2n) is 11.0. The van der Waals surface area contributed by atoms with Crippen LogP contribution in [0.5, 0.6) is 0 Å². The molecule has 0 aliphatic heterocycles. The predicted octanol–water partition coefficient (Wildman–Crippen LogP) is 6.91. The number of carbonyl (C=O) groups excluding carboxylic acids is 1. The van der Waals surface area contributed by atoms with Crippen molar-refractivity contribution in [2.24, 2.45) is 11.8 Å². The van der Waals surface area contributed by atoms with Gasteiger partial charge in [0.2, 0.25) is 0 Å². The summed E-state index contributed by atoms with van der Waals surface area (Å²) in [5.41, 5.74) is 4.54. The summed E-state index contributed by atoms with van der Waals surface area (Å²) in [5.74, 6) is -0.855.